The Hall–Kier alpha value is -2.54. The Kier molecular flexibility index (Phi) is 9.17. The van der Waals surface area contributed by atoms with Crippen LogP contribution in [0.15, 0.2) is 53.0 Å². The largest absolute Gasteiger partial charge is 0.497 e. The molecule has 2 aromatic rings. The van der Waals surface area contributed by atoms with Gasteiger partial charge in [0.05, 0.1) is 7.11 Å². The van der Waals surface area contributed by atoms with Crippen LogP contribution in [-0.2, 0) is 16.1 Å². The fourth-order valence-electron chi connectivity index (χ4n) is 2.78. The van der Waals surface area contributed by atoms with Crippen LogP contribution in [0.5, 0.6) is 11.5 Å². The third-order valence-electron chi connectivity index (χ3n) is 4.83. The average molecular weight is 477 g/mol. The molecule has 7 heteroatoms. The molecule has 0 fully saturated rings. The van der Waals surface area contributed by atoms with E-state index in [0.717, 1.165) is 16.5 Å². The molecule has 2 atom stereocenters. The summed E-state index contributed by atoms with van der Waals surface area (Å²) in [6.45, 7) is 5.82. The van der Waals surface area contributed by atoms with Gasteiger partial charge in [0.1, 0.15) is 17.5 Å². The van der Waals surface area contributed by atoms with Crippen molar-refractivity contribution in [2.75, 3.05) is 13.7 Å². The Morgan fingerprint density at radius 3 is 2.37 bits per heavy atom. The van der Waals surface area contributed by atoms with Gasteiger partial charge in [0, 0.05) is 17.1 Å². The zero-order chi connectivity index (χ0) is 22.1. The van der Waals surface area contributed by atoms with Crippen molar-refractivity contribution in [2.45, 2.75) is 45.8 Å². The van der Waals surface area contributed by atoms with Gasteiger partial charge < -0.3 is 19.7 Å². The van der Waals surface area contributed by atoms with Crippen molar-refractivity contribution >= 4 is 27.7 Å². The van der Waals surface area contributed by atoms with Gasteiger partial charge in [-0.25, -0.2) is 0 Å². The molecule has 0 aliphatic rings. The van der Waals surface area contributed by atoms with Crippen molar-refractivity contribution < 1.29 is 19.1 Å². The lowest BCUT2D eigenvalue weighted by Gasteiger charge is -2.29. The summed E-state index contributed by atoms with van der Waals surface area (Å²) >= 11 is 3.45. The normalized spacial score (nSPS) is 12.6. The molecule has 0 saturated heterocycles. The van der Waals surface area contributed by atoms with Gasteiger partial charge in [-0.1, -0.05) is 35.0 Å². The quantitative estimate of drug-likeness (QED) is 0.558. The van der Waals surface area contributed by atoms with E-state index in [4.69, 9.17) is 9.47 Å². The van der Waals surface area contributed by atoms with Crippen molar-refractivity contribution in [1.82, 2.24) is 10.2 Å². The van der Waals surface area contributed by atoms with Gasteiger partial charge in [-0.3, -0.25) is 9.59 Å². The molecule has 0 aliphatic carbocycles. The van der Waals surface area contributed by atoms with E-state index in [-0.39, 0.29) is 24.5 Å². The van der Waals surface area contributed by atoms with Crippen LogP contribution in [0.4, 0.5) is 0 Å². The minimum Gasteiger partial charge on any atom is -0.497 e. The minimum atomic E-state index is -0.634. The van der Waals surface area contributed by atoms with Crippen molar-refractivity contribution in [3.63, 3.8) is 0 Å². The molecule has 2 aromatic carbocycles. The molecule has 0 spiro atoms. The highest BCUT2D eigenvalue weighted by Crippen LogP contribution is 2.18. The Bertz CT molecular complexity index is 841. The monoisotopic (exact) mass is 476 g/mol. The van der Waals surface area contributed by atoms with Gasteiger partial charge in [-0.15, -0.1) is 0 Å². The highest BCUT2D eigenvalue weighted by molar-refractivity contribution is 9.10. The molecular formula is C23H29BrN2O4. The Balaban J connectivity index is 2.13. The molecule has 2 rings (SSSR count). The van der Waals surface area contributed by atoms with E-state index >= 15 is 0 Å². The molecule has 0 unspecified atom stereocenters. The van der Waals surface area contributed by atoms with Crippen molar-refractivity contribution in [1.29, 1.82) is 0 Å². The standard InChI is InChI=1S/C23H29BrN2O4/c1-5-16(2)25-23(28)17(3)26(14-18-7-6-8-19(24)13-18)22(27)15-30-21-11-9-20(29-4)10-12-21/h6-13,16-17H,5,14-15H2,1-4H3,(H,25,28)/t16-,17-/m1/s1. The predicted molar refractivity (Wildman–Crippen MR) is 121 cm³/mol. The molecule has 0 radical (unpaired) electrons. The van der Waals surface area contributed by atoms with Gasteiger partial charge in [0.25, 0.3) is 5.91 Å². The third kappa shape index (κ3) is 7.06. The number of hydrogen-bond donors (Lipinski definition) is 1. The van der Waals surface area contributed by atoms with Crippen LogP contribution in [0.2, 0.25) is 0 Å². The lowest BCUT2D eigenvalue weighted by molar-refractivity contribution is -0.142. The summed E-state index contributed by atoms with van der Waals surface area (Å²) in [4.78, 5) is 27.3. The van der Waals surface area contributed by atoms with Gasteiger partial charge in [-0.05, 0) is 62.2 Å². The number of carbonyl (C=O) groups is 2. The van der Waals surface area contributed by atoms with Gasteiger partial charge in [-0.2, -0.15) is 0 Å². The first-order valence-electron chi connectivity index (χ1n) is 9.95. The first-order chi connectivity index (χ1) is 14.3. The first-order valence-corrected chi connectivity index (χ1v) is 10.7. The minimum absolute atomic E-state index is 0.0401. The number of halogens is 1. The zero-order valence-corrected chi connectivity index (χ0v) is 19.4. The number of nitrogens with zero attached hydrogens (tertiary/aromatic N) is 1. The maximum absolute atomic E-state index is 13.0. The highest BCUT2D eigenvalue weighted by atomic mass is 79.9. The second-order valence-electron chi connectivity index (χ2n) is 7.11. The second-order valence-corrected chi connectivity index (χ2v) is 8.03. The van der Waals surface area contributed by atoms with Crippen LogP contribution in [0.1, 0.15) is 32.8 Å². The molecule has 0 saturated carbocycles. The van der Waals surface area contributed by atoms with Crippen LogP contribution >= 0.6 is 15.9 Å². The number of methoxy groups -OCH3 is 1. The Morgan fingerprint density at radius 2 is 1.77 bits per heavy atom. The number of hydrogen-bond acceptors (Lipinski definition) is 4. The summed E-state index contributed by atoms with van der Waals surface area (Å²) in [6, 6.07) is 14.1. The molecule has 0 bridgehead atoms. The molecular weight excluding hydrogens is 448 g/mol. The molecule has 1 N–H and O–H groups in total. The van der Waals surface area contributed by atoms with E-state index in [0.29, 0.717) is 18.0 Å². The molecule has 0 aliphatic heterocycles. The van der Waals surface area contributed by atoms with Crippen LogP contribution in [0.3, 0.4) is 0 Å². The van der Waals surface area contributed by atoms with E-state index in [2.05, 4.69) is 21.2 Å². The summed E-state index contributed by atoms with van der Waals surface area (Å²) in [5.41, 5.74) is 0.922. The smallest absolute Gasteiger partial charge is 0.261 e. The van der Waals surface area contributed by atoms with Crippen LogP contribution < -0.4 is 14.8 Å². The molecule has 0 heterocycles. The maximum atomic E-state index is 13.0. The fourth-order valence-corrected chi connectivity index (χ4v) is 3.23. The van der Waals surface area contributed by atoms with Gasteiger partial charge in [0.2, 0.25) is 5.91 Å². The summed E-state index contributed by atoms with van der Waals surface area (Å²) in [7, 11) is 1.59. The van der Waals surface area contributed by atoms with Crippen LogP contribution in [0.25, 0.3) is 0 Å². The maximum Gasteiger partial charge on any atom is 0.261 e. The zero-order valence-electron chi connectivity index (χ0n) is 17.9. The number of rotatable bonds is 10. The molecule has 0 aromatic heterocycles. The fraction of sp³-hybridized carbons (Fsp3) is 0.391. The van der Waals surface area contributed by atoms with Gasteiger partial charge in [0.15, 0.2) is 6.61 Å². The van der Waals surface area contributed by atoms with E-state index in [1.165, 1.54) is 0 Å². The molecule has 6 nitrogen and oxygen atoms in total. The highest BCUT2D eigenvalue weighted by Gasteiger charge is 2.27. The lowest BCUT2D eigenvalue weighted by atomic mass is 10.1. The van der Waals surface area contributed by atoms with Crippen molar-refractivity contribution in [2.24, 2.45) is 0 Å². The Labute approximate surface area is 186 Å². The van der Waals surface area contributed by atoms with E-state index in [1.54, 1.807) is 43.2 Å². The second kappa shape index (κ2) is 11.6. The molecule has 30 heavy (non-hydrogen) atoms. The number of ether oxygens (including phenoxy) is 2. The third-order valence-corrected chi connectivity index (χ3v) is 5.33. The SMILES string of the molecule is CC[C@@H](C)NC(=O)[C@@H](C)N(Cc1cccc(Br)c1)C(=O)COc1ccc(OC)cc1. The van der Waals surface area contributed by atoms with Gasteiger partial charge >= 0.3 is 0 Å². The summed E-state index contributed by atoms with van der Waals surface area (Å²) < 4.78 is 11.7. The van der Waals surface area contributed by atoms with E-state index in [1.807, 2.05) is 38.1 Å². The molecule has 162 valence electrons. The van der Waals surface area contributed by atoms with Crippen LogP contribution in [-0.4, -0.2) is 42.5 Å². The number of benzene rings is 2. The van der Waals surface area contributed by atoms with E-state index in [9.17, 15) is 9.59 Å². The Morgan fingerprint density at radius 1 is 1.10 bits per heavy atom. The lowest BCUT2D eigenvalue weighted by Crippen LogP contribution is -2.50. The van der Waals surface area contributed by atoms with E-state index < -0.39 is 6.04 Å². The summed E-state index contributed by atoms with van der Waals surface area (Å²) in [5, 5.41) is 2.95. The number of amides is 2. The number of carbonyl (C=O) groups excluding carboxylic acids is 2. The summed E-state index contributed by atoms with van der Waals surface area (Å²) in [5.74, 6) is 0.818. The van der Waals surface area contributed by atoms with Crippen molar-refractivity contribution in [3.05, 3.63) is 58.6 Å². The average Bonchev–Trinajstić information content (AvgIpc) is 2.75. The topological polar surface area (TPSA) is 67.9 Å². The first kappa shape index (κ1) is 23.7. The van der Waals surface area contributed by atoms with Crippen LogP contribution in [0, 0.1) is 0 Å². The van der Waals surface area contributed by atoms with Crippen molar-refractivity contribution in [3.8, 4) is 11.5 Å². The number of nitrogens with one attached hydrogen (secondary N) is 1. The molecule has 2 amide bonds. The predicted octanol–water partition coefficient (Wildman–Crippen LogP) is 4.17. The summed E-state index contributed by atoms with van der Waals surface area (Å²) in [6.07, 6.45) is 0.818.